The molecule has 0 aromatic heterocycles. The van der Waals surface area contributed by atoms with E-state index >= 15 is 0 Å². The van der Waals surface area contributed by atoms with Crippen molar-refractivity contribution in [1.29, 1.82) is 0 Å². The first-order valence-electron chi connectivity index (χ1n) is 8.23. The van der Waals surface area contributed by atoms with Crippen molar-refractivity contribution in [3.05, 3.63) is 0 Å². The maximum absolute atomic E-state index is 12.6. The van der Waals surface area contributed by atoms with E-state index in [4.69, 9.17) is 5.73 Å². The van der Waals surface area contributed by atoms with Crippen LogP contribution >= 0.6 is 0 Å². The number of nitrogens with two attached hydrogens (primary N) is 1. The largest absolute Gasteiger partial charge is 0.342 e. The van der Waals surface area contributed by atoms with Crippen LogP contribution in [0.3, 0.4) is 0 Å². The fourth-order valence-electron chi connectivity index (χ4n) is 3.83. The number of carbonyl (C=O) groups excluding carboxylic acids is 1. The topological polar surface area (TPSA) is 46.3 Å². The number of likely N-dealkylation sites (tertiary alicyclic amines) is 1. The highest BCUT2D eigenvalue weighted by molar-refractivity contribution is 5.79. The third-order valence-corrected chi connectivity index (χ3v) is 5.21. The molecule has 2 atom stereocenters. The monoisotopic (exact) mass is 266 g/mol. The second-order valence-corrected chi connectivity index (χ2v) is 6.48. The van der Waals surface area contributed by atoms with Gasteiger partial charge in [-0.3, -0.25) is 4.79 Å². The summed E-state index contributed by atoms with van der Waals surface area (Å²) in [5.41, 5.74) is 5.66. The minimum Gasteiger partial charge on any atom is -0.342 e. The van der Waals surface area contributed by atoms with Crippen LogP contribution in [-0.4, -0.2) is 30.4 Å². The molecule has 2 rings (SSSR count). The molecule has 0 bridgehead atoms. The molecule has 1 saturated carbocycles. The summed E-state index contributed by atoms with van der Waals surface area (Å²) < 4.78 is 0. The Bertz CT molecular complexity index is 282. The first-order chi connectivity index (χ1) is 9.24. The molecule has 1 aliphatic heterocycles. The first-order valence-corrected chi connectivity index (χ1v) is 8.23. The SMILES string of the molecule is CCC1CCN(C(=O)C2CCCC(CCN)C2)CC1. The van der Waals surface area contributed by atoms with Crippen LogP contribution in [-0.2, 0) is 4.79 Å². The zero-order chi connectivity index (χ0) is 13.7. The highest BCUT2D eigenvalue weighted by Crippen LogP contribution is 2.33. The second kappa shape index (κ2) is 7.28. The number of amides is 1. The fourth-order valence-corrected chi connectivity index (χ4v) is 3.83. The predicted octanol–water partition coefficient (Wildman–Crippen LogP) is 2.79. The lowest BCUT2D eigenvalue weighted by Gasteiger charge is -2.36. The average molecular weight is 266 g/mol. The summed E-state index contributed by atoms with van der Waals surface area (Å²) in [4.78, 5) is 14.7. The van der Waals surface area contributed by atoms with E-state index in [1.54, 1.807) is 0 Å². The normalized spacial score (nSPS) is 29.5. The number of hydrogen-bond acceptors (Lipinski definition) is 2. The van der Waals surface area contributed by atoms with Gasteiger partial charge in [0.15, 0.2) is 0 Å². The van der Waals surface area contributed by atoms with Crippen LogP contribution in [0.25, 0.3) is 0 Å². The molecule has 2 fully saturated rings. The molecule has 110 valence electrons. The van der Waals surface area contributed by atoms with Gasteiger partial charge in [0.25, 0.3) is 0 Å². The number of hydrogen-bond donors (Lipinski definition) is 1. The van der Waals surface area contributed by atoms with Crippen LogP contribution in [0.5, 0.6) is 0 Å². The number of piperidine rings is 1. The minimum atomic E-state index is 0.295. The summed E-state index contributed by atoms with van der Waals surface area (Å²) in [5, 5.41) is 0. The van der Waals surface area contributed by atoms with E-state index < -0.39 is 0 Å². The molecule has 0 spiro atoms. The van der Waals surface area contributed by atoms with Gasteiger partial charge in [-0.1, -0.05) is 26.2 Å². The Labute approximate surface area is 117 Å². The quantitative estimate of drug-likeness (QED) is 0.850. The predicted molar refractivity (Wildman–Crippen MR) is 78.7 cm³/mol. The molecular weight excluding hydrogens is 236 g/mol. The van der Waals surface area contributed by atoms with Crippen molar-refractivity contribution < 1.29 is 4.79 Å². The summed E-state index contributed by atoms with van der Waals surface area (Å²) in [6.45, 7) is 5.03. The molecule has 0 aromatic carbocycles. The summed E-state index contributed by atoms with van der Waals surface area (Å²) >= 11 is 0. The van der Waals surface area contributed by atoms with E-state index in [-0.39, 0.29) is 0 Å². The molecule has 2 aliphatic rings. The maximum atomic E-state index is 12.6. The molecule has 3 nitrogen and oxygen atoms in total. The lowest BCUT2D eigenvalue weighted by Crippen LogP contribution is -2.43. The van der Waals surface area contributed by atoms with Crippen LogP contribution in [0.2, 0.25) is 0 Å². The van der Waals surface area contributed by atoms with Gasteiger partial charge in [0, 0.05) is 19.0 Å². The van der Waals surface area contributed by atoms with Crippen LogP contribution in [0.1, 0.15) is 58.3 Å². The molecule has 2 unspecified atom stereocenters. The molecule has 0 radical (unpaired) electrons. The van der Waals surface area contributed by atoms with Gasteiger partial charge in [-0.15, -0.1) is 0 Å². The van der Waals surface area contributed by atoms with E-state index in [0.29, 0.717) is 17.7 Å². The van der Waals surface area contributed by atoms with Gasteiger partial charge in [-0.05, 0) is 50.5 Å². The van der Waals surface area contributed by atoms with Crippen molar-refractivity contribution in [3.8, 4) is 0 Å². The average Bonchev–Trinajstić information content (AvgIpc) is 2.47. The highest BCUT2D eigenvalue weighted by Gasteiger charge is 2.31. The standard InChI is InChI=1S/C16H30N2O/c1-2-13-7-10-18(11-8-13)16(19)15-5-3-4-14(12-15)6-9-17/h13-15H,2-12,17H2,1H3. The molecule has 1 heterocycles. The lowest BCUT2D eigenvalue weighted by atomic mass is 9.79. The van der Waals surface area contributed by atoms with Gasteiger partial charge < -0.3 is 10.6 Å². The zero-order valence-electron chi connectivity index (χ0n) is 12.4. The van der Waals surface area contributed by atoms with Gasteiger partial charge in [0.1, 0.15) is 0 Å². The van der Waals surface area contributed by atoms with Crippen LogP contribution < -0.4 is 5.73 Å². The Morgan fingerprint density at radius 2 is 1.89 bits per heavy atom. The van der Waals surface area contributed by atoms with Crippen molar-refractivity contribution in [2.24, 2.45) is 23.5 Å². The molecule has 19 heavy (non-hydrogen) atoms. The summed E-state index contributed by atoms with van der Waals surface area (Å²) in [6.07, 6.45) is 9.47. The first kappa shape index (κ1) is 14.8. The lowest BCUT2D eigenvalue weighted by molar-refractivity contribution is -0.138. The molecular formula is C16H30N2O. The van der Waals surface area contributed by atoms with Crippen molar-refractivity contribution in [2.75, 3.05) is 19.6 Å². The number of rotatable bonds is 4. The molecule has 1 amide bonds. The Balaban J connectivity index is 1.82. The molecule has 1 saturated heterocycles. The van der Waals surface area contributed by atoms with Crippen molar-refractivity contribution in [3.63, 3.8) is 0 Å². The summed E-state index contributed by atoms with van der Waals surface area (Å²) in [7, 11) is 0. The highest BCUT2D eigenvalue weighted by atomic mass is 16.2. The third kappa shape index (κ3) is 3.95. The van der Waals surface area contributed by atoms with Crippen LogP contribution in [0.4, 0.5) is 0 Å². The number of carbonyl (C=O) groups is 1. The minimum absolute atomic E-state index is 0.295. The fraction of sp³-hybridized carbons (Fsp3) is 0.938. The van der Waals surface area contributed by atoms with Crippen molar-refractivity contribution in [1.82, 2.24) is 4.90 Å². The number of nitrogens with zero attached hydrogens (tertiary/aromatic N) is 1. The van der Waals surface area contributed by atoms with Gasteiger partial charge in [-0.2, -0.15) is 0 Å². The smallest absolute Gasteiger partial charge is 0.225 e. The Hall–Kier alpha value is -0.570. The third-order valence-electron chi connectivity index (χ3n) is 5.21. The van der Waals surface area contributed by atoms with Crippen molar-refractivity contribution >= 4 is 5.91 Å². The van der Waals surface area contributed by atoms with Gasteiger partial charge >= 0.3 is 0 Å². The van der Waals surface area contributed by atoms with Crippen LogP contribution in [0.15, 0.2) is 0 Å². The Kier molecular flexibility index (Phi) is 5.68. The molecule has 3 heteroatoms. The summed E-state index contributed by atoms with van der Waals surface area (Å²) in [5.74, 6) is 2.28. The van der Waals surface area contributed by atoms with Crippen LogP contribution in [0, 0.1) is 17.8 Å². The maximum Gasteiger partial charge on any atom is 0.225 e. The van der Waals surface area contributed by atoms with E-state index in [1.807, 2.05) is 0 Å². The van der Waals surface area contributed by atoms with E-state index in [1.165, 1.54) is 32.1 Å². The van der Waals surface area contributed by atoms with Gasteiger partial charge in [-0.25, -0.2) is 0 Å². The van der Waals surface area contributed by atoms with Gasteiger partial charge in [0.05, 0.1) is 0 Å². The molecule has 1 aliphatic carbocycles. The molecule has 2 N–H and O–H groups in total. The second-order valence-electron chi connectivity index (χ2n) is 6.48. The zero-order valence-corrected chi connectivity index (χ0v) is 12.4. The molecule has 0 aromatic rings. The van der Waals surface area contributed by atoms with E-state index in [2.05, 4.69) is 11.8 Å². The Morgan fingerprint density at radius 3 is 2.53 bits per heavy atom. The summed E-state index contributed by atoms with van der Waals surface area (Å²) in [6, 6.07) is 0. The van der Waals surface area contributed by atoms with E-state index in [0.717, 1.165) is 44.8 Å². The Morgan fingerprint density at radius 1 is 1.16 bits per heavy atom. The van der Waals surface area contributed by atoms with E-state index in [9.17, 15) is 4.79 Å². The van der Waals surface area contributed by atoms with Crippen molar-refractivity contribution in [2.45, 2.75) is 58.3 Å². The van der Waals surface area contributed by atoms with Gasteiger partial charge in [0.2, 0.25) is 5.91 Å².